The molecule has 0 heterocycles. The maximum absolute atomic E-state index is 11.5. The monoisotopic (exact) mass is 468 g/mol. The van der Waals surface area contributed by atoms with E-state index in [2.05, 4.69) is 25.8 Å². The van der Waals surface area contributed by atoms with Crippen molar-refractivity contribution < 1.29 is 28.5 Å². The summed E-state index contributed by atoms with van der Waals surface area (Å²) in [7, 11) is 0. The van der Waals surface area contributed by atoms with Gasteiger partial charge in [-0.25, -0.2) is 9.59 Å². The molecule has 0 unspecified atom stereocenters. The van der Waals surface area contributed by atoms with Gasteiger partial charge in [-0.1, -0.05) is 31.4 Å². The zero-order valence-corrected chi connectivity index (χ0v) is 21.2. The van der Waals surface area contributed by atoms with E-state index in [-0.39, 0.29) is 26.4 Å². The summed E-state index contributed by atoms with van der Waals surface area (Å²) in [6, 6.07) is 5.54. The van der Waals surface area contributed by atoms with E-state index in [4.69, 9.17) is 18.9 Å². The van der Waals surface area contributed by atoms with Gasteiger partial charge >= 0.3 is 11.9 Å². The summed E-state index contributed by atoms with van der Waals surface area (Å²) in [4.78, 5) is 23.1. The highest BCUT2D eigenvalue weighted by molar-refractivity contribution is 5.87. The van der Waals surface area contributed by atoms with Gasteiger partial charge in [0.1, 0.15) is 37.9 Å². The first-order valence-corrected chi connectivity index (χ1v) is 11.0. The van der Waals surface area contributed by atoms with E-state index in [1.54, 1.807) is 19.9 Å². The lowest BCUT2D eigenvalue weighted by molar-refractivity contribution is -0.140. The van der Waals surface area contributed by atoms with Gasteiger partial charge in [0, 0.05) is 17.2 Å². The summed E-state index contributed by atoms with van der Waals surface area (Å²) in [5.41, 5.74) is 5.79. The summed E-state index contributed by atoms with van der Waals surface area (Å²) < 4.78 is 21.8. The molecule has 0 fully saturated rings. The molecule has 0 amide bonds. The van der Waals surface area contributed by atoms with E-state index in [1.165, 1.54) is 0 Å². The molecule has 0 saturated carbocycles. The lowest BCUT2D eigenvalue weighted by Crippen LogP contribution is -2.13. The Morgan fingerprint density at radius 2 is 1.15 bits per heavy atom. The molecule has 0 aliphatic carbocycles. The summed E-state index contributed by atoms with van der Waals surface area (Å²) >= 11 is 0. The van der Waals surface area contributed by atoms with E-state index in [0.29, 0.717) is 22.6 Å². The first-order valence-electron chi connectivity index (χ1n) is 11.0. The zero-order chi connectivity index (χ0) is 25.8. The van der Waals surface area contributed by atoms with Crippen LogP contribution in [0.1, 0.15) is 47.1 Å². The second-order valence-electron chi connectivity index (χ2n) is 8.14. The number of esters is 2. The molecule has 0 radical (unpaired) electrons. The van der Waals surface area contributed by atoms with Crippen molar-refractivity contribution in [2.75, 3.05) is 26.4 Å². The molecule has 0 saturated heterocycles. The summed E-state index contributed by atoms with van der Waals surface area (Å²) in [5, 5.41) is 0. The Balaban J connectivity index is 3.06. The van der Waals surface area contributed by atoms with Gasteiger partial charge in [0.05, 0.1) is 0 Å². The molecule has 34 heavy (non-hydrogen) atoms. The number of carbonyl (C=O) groups is 2. The lowest BCUT2D eigenvalue weighted by atomic mass is 9.99. The standard InChI is InChI=1S/C28H36O6/c1-18(2)21(7)14-22(8)23(9)24-15-25(31-10-12-33-27(29)19(3)4)17-26(16-24)32-11-13-34-28(30)20(5)6/h14-17H,1,3,5,10-13H2,2,4,6-9H3/b21-14+,23-22+. The minimum absolute atomic E-state index is 0.0946. The van der Waals surface area contributed by atoms with E-state index < -0.39 is 11.9 Å². The van der Waals surface area contributed by atoms with Gasteiger partial charge in [0.25, 0.3) is 0 Å². The molecule has 0 bridgehead atoms. The van der Waals surface area contributed by atoms with Crippen LogP contribution in [-0.4, -0.2) is 38.4 Å². The van der Waals surface area contributed by atoms with Crippen molar-refractivity contribution in [2.45, 2.75) is 41.5 Å². The van der Waals surface area contributed by atoms with Crippen LogP contribution in [0.2, 0.25) is 0 Å². The number of hydrogen-bond donors (Lipinski definition) is 0. The Morgan fingerprint density at radius 1 is 0.706 bits per heavy atom. The summed E-state index contributed by atoms with van der Waals surface area (Å²) in [5.74, 6) is 0.204. The molecule has 0 aliphatic heterocycles. The molecule has 0 aliphatic rings. The highest BCUT2D eigenvalue weighted by Crippen LogP contribution is 2.30. The van der Waals surface area contributed by atoms with Crippen LogP contribution in [0.3, 0.4) is 0 Å². The fraction of sp³-hybridized carbons (Fsp3) is 0.357. The van der Waals surface area contributed by atoms with Crippen LogP contribution in [0.5, 0.6) is 11.5 Å². The molecule has 0 aromatic heterocycles. The molecule has 0 spiro atoms. The number of ether oxygens (including phenoxy) is 4. The molecule has 184 valence electrons. The van der Waals surface area contributed by atoms with Crippen LogP contribution in [0.15, 0.2) is 71.9 Å². The Labute approximate surface area is 203 Å². The molecule has 1 aromatic carbocycles. The number of allylic oxidation sites excluding steroid dienone is 5. The second-order valence-corrected chi connectivity index (χ2v) is 8.14. The molecule has 1 rings (SSSR count). The van der Waals surface area contributed by atoms with Crippen molar-refractivity contribution in [1.29, 1.82) is 0 Å². The Hall–Kier alpha value is -3.54. The molecule has 6 nitrogen and oxygen atoms in total. The highest BCUT2D eigenvalue weighted by Gasteiger charge is 2.09. The second kappa shape index (κ2) is 13.9. The van der Waals surface area contributed by atoms with E-state index in [0.717, 1.165) is 27.9 Å². The van der Waals surface area contributed by atoms with Crippen molar-refractivity contribution in [3.8, 4) is 11.5 Å². The van der Waals surface area contributed by atoms with Crippen LogP contribution >= 0.6 is 0 Å². The maximum atomic E-state index is 11.5. The SMILES string of the molecule is C=C(C)C(=O)OCCOc1cc(OCCOC(=O)C(=C)C)cc(/C(C)=C(C)/C=C(\C)C(=C)C)c1. The van der Waals surface area contributed by atoms with Gasteiger partial charge in [0.15, 0.2) is 0 Å². The van der Waals surface area contributed by atoms with Gasteiger partial charge in [0.2, 0.25) is 0 Å². The van der Waals surface area contributed by atoms with Crippen molar-refractivity contribution in [2.24, 2.45) is 0 Å². The number of rotatable bonds is 13. The predicted molar refractivity (Wildman–Crippen MR) is 136 cm³/mol. The summed E-state index contributed by atoms with van der Waals surface area (Å²) in [6.45, 7) is 22.8. The minimum Gasteiger partial charge on any atom is -0.490 e. The van der Waals surface area contributed by atoms with Crippen molar-refractivity contribution in [3.05, 3.63) is 77.4 Å². The van der Waals surface area contributed by atoms with E-state index >= 15 is 0 Å². The van der Waals surface area contributed by atoms with Crippen molar-refractivity contribution in [3.63, 3.8) is 0 Å². The first kappa shape index (κ1) is 28.5. The highest BCUT2D eigenvalue weighted by atomic mass is 16.6. The predicted octanol–water partition coefficient (Wildman–Crippen LogP) is 6.00. The molecule has 6 heteroatoms. The zero-order valence-electron chi connectivity index (χ0n) is 21.2. The Kier molecular flexibility index (Phi) is 11.6. The number of carbonyl (C=O) groups excluding carboxylic acids is 2. The number of benzene rings is 1. The third-order valence-electron chi connectivity index (χ3n) is 4.88. The van der Waals surface area contributed by atoms with E-state index in [9.17, 15) is 9.59 Å². The van der Waals surface area contributed by atoms with Gasteiger partial charge in [-0.3, -0.25) is 0 Å². The molecule has 0 atom stereocenters. The average Bonchev–Trinajstić information content (AvgIpc) is 2.78. The quantitative estimate of drug-likeness (QED) is 0.153. The van der Waals surface area contributed by atoms with Crippen molar-refractivity contribution >= 4 is 17.5 Å². The largest absolute Gasteiger partial charge is 0.490 e. The van der Waals surface area contributed by atoms with Gasteiger partial charge < -0.3 is 18.9 Å². The van der Waals surface area contributed by atoms with Crippen LogP contribution in [-0.2, 0) is 19.1 Å². The minimum atomic E-state index is -0.459. The van der Waals surface area contributed by atoms with E-state index in [1.807, 2.05) is 39.8 Å². The van der Waals surface area contributed by atoms with Gasteiger partial charge in [-0.05, 0) is 76.0 Å². The summed E-state index contributed by atoms with van der Waals surface area (Å²) in [6.07, 6.45) is 2.08. The Bertz CT molecular complexity index is 957. The number of hydrogen-bond acceptors (Lipinski definition) is 6. The van der Waals surface area contributed by atoms with Crippen LogP contribution in [0.25, 0.3) is 5.57 Å². The topological polar surface area (TPSA) is 71.1 Å². The molecule has 1 aromatic rings. The first-order chi connectivity index (χ1) is 15.9. The van der Waals surface area contributed by atoms with Crippen LogP contribution < -0.4 is 9.47 Å². The van der Waals surface area contributed by atoms with Crippen molar-refractivity contribution in [1.82, 2.24) is 0 Å². The lowest BCUT2D eigenvalue weighted by Gasteiger charge is -2.14. The van der Waals surface area contributed by atoms with Gasteiger partial charge in [-0.2, -0.15) is 0 Å². The Morgan fingerprint density at radius 3 is 1.53 bits per heavy atom. The van der Waals surface area contributed by atoms with Crippen LogP contribution in [0, 0.1) is 0 Å². The smallest absolute Gasteiger partial charge is 0.333 e. The van der Waals surface area contributed by atoms with Crippen LogP contribution in [0.4, 0.5) is 0 Å². The fourth-order valence-corrected chi connectivity index (χ4v) is 2.57. The average molecular weight is 469 g/mol. The maximum Gasteiger partial charge on any atom is 0.333 e. The third kappa shape index (κ3) is 9.94. The molecular weight excluding hydrogens is 432 g/mol. The molecular formula is C28H36O6. The normalized spacial score (nSPS) is 11.8. The van der Waals surface area contributed by atoms with Gasteiger partial charge in [-0.15, -0.1) is 0 Å². The fourth-order valence-electron chi connectivity index (χ4n) is 2.57. The third-order valence-corrected chi connectivity index (χ3v) is 4.88. The molecule has 0 N–H and O–H groups in total.